The largest absolute Gasteiger partial charge is 0.490 e. The summed E-state index contributed by atoms with van der Waals surface area (Å²) in [6, 6.07) is 17.7. The lowest BCUT2D eigenvalue weighted by atomic mass is 10.2. The van der Waals surface area contributed by atoms with Gasteiger partial charge in [-0.1, -0.05) is 28.1 Å². The topological polar surface area (TPSA) is 98.3 Å². The van der Waals surface area contributed by atoms with Crippen LogP contribution in [0.25, 0.3) is 0 Å². The van der Waals surface area contributed by atoms with E-state index in [-0.39, 0.29) is 12.5 Å². The average molecular weight is 554 g/mol. The third kappa shape index (κ3) is 7.84. The van der Waals surface area contributed by atoms with E-state index in [1.54, 1.807) is 36.4 Å². The van der Waals surface area contributed by atoms with E-state index in [0.717, 1.165) is 10.0 Å². The average Bonchev–Trinajstić information content (AvgIpc) is 2.85. The molecule has 188 valence electrons. The molecule has 2 amide bonds. The normalized spacial score (nSPS) is 10.7. The quantitative estimate of drug-likeness (QED) is 0.247. The maximum absolute atomic E-state index is 12.6. The van der Waals surface area contributed by atoms with Gasteiger partial charge in [-0.2, -0.15) is 5.10 Å². The lowest BCUT2D eigenvalue weighted by molar-refractivity contribution is -0.118. The van der Waals surface area contributed by atoms with E-state index in [2.05, 4.69) is 31.8 Å². The van der Waals surface area contributed by atoms with Crippen molar-refractivity contribution in [2.24, 2.45) is 5.10 Å². The van der Waals surface area contributed by atoms with Crippen LogP contribution in [0.4, 0.5) is 5.69 Å². The summed E-state index contributed by atoms with van der Waals surface area (Å²) in [7, 11) is 0. The number of hydrogen-bond acceptors (Lipinski definition) is 6. The zero-order valence-electron chi connectivity index (χ0n) is 20.3. The fraction of sp³-hybridized carbons (Fsp3) is 0.222. The van der Waals surface area contributed by atoms with E-state index in [4.69, 9.17) is 14.2 Å². The summed E-state index contributed by atoms with van der Waals surface area (Å²) in [6.45, 7) is 6.43. The van der Waals surface area contributed by atoms with Crippen molar-refractivity contribution in [1.29, 1.82) is 0 Å². The molecule has 0 spiro atoms. The lowest BCUT2D eigenvalue weighted by Gasteiger charge is -2.12. The number of halogens is 1. The van der Waals surface area contributed by atoms with Crippen molar-refractivity contribution >= 4 is 39.6 Å². The van der Waals surface area contributed by atoms with Crippen molar-refractivity contribution in [3.8, 4) is 17.2 Å². The molecule has 0 saturated heterocycles. The van der Waals surface area contributed by atoms with Gasteiger partial charge in [-0.25, -0.2) is 5.43 Å². The number of aryl methyl sites for hydroxylation is 1. The minimum absolute atomic E-state index is 0.185. The minimum atomic E-state index is -0.412. The van der Waals surface area contributed by atoms with Crippen molar-refractivity contribution in [1.82, 2.24) is 5.43 Å². The van der Waals surface area contributed by atoms with E-state index in [9.17, 15) is 9.59 Å². The predicted molar refractivity (Wildman–Crippen MR) is 143 cm³/mol. The number of nitrogens with zero attached hydrogens (tertiary/aromatic N) is 1. The highest BCUT2D eigenvalue weighted by Gasteiger charge is 2.12. The first-order chi connectivity index (χ1) is 17.4. The van der Waals surface area contributed by atoms with Gasteiger partial charge in [-0.15, -0.1) is 0 Å². The van der Waals surface area contributed by atoms with Crippen LogP contribution >= 0.6 is 15.9 Å². The number of carbonyl (C=O) groups is 2. The monoisotopic (exact) mass is 553 g/mol. The summed E-state index contributed by atoms with van der Waals surface area (Å²) >= 11 is 3.42. The van der Waals surface area contributed by atoms with Crippen LogP contribution in [-0.4, -0.2) is 37.8 Å². The first-order valence-corrected chi connectivity index (χ1v) is 12.2. The zero-order valence-corrected chi connectivity index (χ0v) is 21.9. The molecule has 8 nitrogen and oxygen atoms in total. The summed E-state index contributed by atoms with van der Waals surface area (Å²) in [4.78, 5) is 24.9. The van der Waals surface area contributed by atoms with Crippen molar-refractivity contribution in [3.63, 3.8) is 0 Å². The molecule has 0 atom stereocenters. The second kappa shape index (κ2) is 13.3. The van der Waals surface area contributed by atoms with Crippen LogP contribution in [0, 0.1) is 6.92 Å². The van der Waals surface area contributed by atoms with Crippen LogP contribution in [0.5, 0.6) is 17.2 Å². The Labute approximate surface area is 218 Å². The SMILES string of the molecule is CCOc1ccc(C(=O)N/N=C/c2cc(Br)ccc2OCC(=O)Nc2cccc(C)c2)cc1OCC. The van der Waals surface area contributed by atoms with Gasteiger partial charge in [-0.3, -0.25) is 9.59 Å². The number of amides is 2. The number of hydrazone groups is 1. The third-order valence-electron chi connectivity index (χ3n) is 4.81. The predicted octanol–water partition coefficient (Wildman–Crippen LogP) is 5.34. The first-order valence-electron chi connectivity index (χ1n) is 11.4. The molecule has 0 aliphatic heterocycles. The van der Waals surface area contributed by atoms with Crippen molar-refractivity contribution in [2.45, 2.75) is 20.8 Å². The Balaban J connectivity index is 1.64. The molecule has 0 fully saturated rings. The van der Waals surface area contributed by atoms with Gasteiger partial charge in [0.05, 0.1) is 19.4 Å². The Morgan fingerprint density at radius 3 is 2.42 bits per heavy atom. The summed E-state index contributed by atoms with van der Waals surface area (Å²) in [5.74, 6) is 0.796. The van der Waals surface area contributed by atoms with Crippen molar-refractivity contribution in [2.75, 3.05) is 25.1 Å². The van der Waals surface area contributed by atoms with Gasteiger partial charge in [0.25, 0.3) is 11.8 Å². The molecule has 36 heavy (non-hydrogen) atoms. The fourth-order valence-corrected chi connectivity index (χ4v) is 3.61. The molecular formula is C27H28BrN3O5. The summed E-state index contributed by atoms with van der Waals surface area (Å²) < 4.78 is 17.6. The number of hydrogen-bond donors (Lipinski definition) is 2. The van der Waals surface area contributed by atoms with E-state index < -0.39 is 5.91 Å². The highest BCUT2D eigenvalue weighted by atomic mass is 79.9. The molecule has 9 heteroatoms. The molecule has 0 radical (unpaired) electrons. The molecule has 2 N–H and O–H groups in total. The second-order valence-electron chi connectivity index (χ2n) is 7.62. The molecule has 0 aromatic heterocycles. The maximum Gasteiger partial charge on any atom is 0.271 e. The van der Waals surface area contributed by atoms with Gasteiger partial charge >= 0.3 is 0 Å². The Hall–Kier alpha value is -3.85. The molecule has 0 saturated carbocycles. The number of anilines is 1. The molecule has 0 aliphatic rings. The molecule has 3 aromatic carbocycles. The number of benzene rings is 3. The van der Waals surface area contributed by atoms with Crippen LogP contribution < -0.4 is 25.0 Å². The van der Waals surface area contributed by atoms with E-state index >= 15 is 0 Å². The van der Waals surface area contributed by atoms with Crippen molar-refractivity contribution < 1.29 is 23.8 Å². The highest BCUT2D eigenvalue weighted by molar-refractivity contribution is 9.10. The van der Waals surface area contributed by atoms with Crippen LogP contribution in [0.1, 0.15) is 35.3 Å². The standard InChI is InChI=1S/C27H28BrN3O5/c1-4-34-24-11-9-19(15-25(24)35-5-2)27(33)31-29-16-20-14-21(28)10-12-23(20)36-17-26(32)30-22-8-6-7-18(3)13-22/h6-16H,4-5,17H2,1-3H3,(H,30,32)(H,31,33)/b29-16+. The van der Waals surface area contributed by atoms with Gasteiger partial charge in [0.1, 0.15) is 5.75 Å². The van der Waals surface area contributed by atoms with E-state index in [1.165, 1.54) is 6.21 Å². The maximum atomic E-state index is 12.6. The van der Waals surface area contributed by atoms with E-state index in [0.29, 0.717) is 47.3 Å². The summed E-state index contributed by atoms with van der Waals surface area (Å²) in [5, 5.41) is 6.86. The van der Waals surface area contributed by atoms with Gasteiger partial charge in [0.15, 0.2) is 18.1 Å². The Morgan fingerprint density at radius 1 is 0.917 bits per heavy atom. The second-order valence-corrected chi connectivity index (χ2v) is 8.53. The van der Waals surface area contributed by atoms with Gasteiger partial charge < -0.3 is 19.5 Å². The lowest BCUT2D eigenvalue weighted by Crippen LogP contribution is -2.20. The number of ether oxygens (including phenoxy) is 3. The molecule has 0 bridgehead atoms. The number of rotatable bonds is 11. The smallest absolute Gasteiger partial charge is 0.271 e. The number of nitrogens with one attached hydrogen (secondary N) is 2. The van der Waals surface area contributed by atoms with Crippen LogP contribution in [0.15, 0.2) is 70.2 Å². The molecule has 3 rings (SSSR count). The van der Waals surface area contributed by atoms with Gasteiger partial charge in [-0.05, 0) is 74.9 Å². The van der Waals surface area contributed by atoms with E-state index in [1.807, 2.05) is 45.0 Å². The Morgan fingerprint density at radius 2 is 1.67 bits per heavy atom. The van der Waals surface area contributed by atoms with Crippen molar-refractivity contribution in [3.05, 3.63) is 81.8 Å². The van der Waals surface area contributed by atoms with Gasteiger partial charge in [0.2, 0.25) is 0 Å². The Kier molecular flexibility index (Phi) is 9.88. The number of carbonyl (C=O) groups excluding carboxylic acids is 2. The summed E-state index contributed by atoms with van der Waals surface area (Å²) in [6.07, 6.45) is 1.45. The molecule has 0 unspecified atom stereocenters. The molecule has 0 heterocycles. The molecule has 0 aliphatic carbocycles. The fourth-order valence-electron chi connectivity index (χ4n) is 3.23. The third-order valence-corrected chi connectivity index (χ3v) is 5.30. The summed E-state index contributed by atoms with van der Waals surface area (Å²) in [5.41, 5.74) is 5.20. The van der Waals surface area contributed by atoms with Gasteiger partial charge in [0, 0.05) is 21.3 Å². The molecule has 3 aromatic rings. The minimum Gasteiger partial charge on any atom is -0.490 e. The first kappa shape index (κ1) is 26.7. The zero-order chi connectivity index (χ0) is 25.9. The Bertz CT molecular complexity index is 1250. The highest BCUT2D eigenvalue weighted by Crippen LogP contribution is 2.28. The molecular weight excluding hydrogens is 526 g/mol. The van der Waals surface area contributed by atoms with Crippen LogP contribution in [0.3, 0.4) is 0 Å². The van der Waals surface area contributed by atoms with Crippen LogP contribution in [-0.2, 0) is 4.79 Å². The van der Waals surface area contributed by atoms with Crippen LogP contribution in [0.2, 0.25) is 0 Å².